The van der Waals surface area contributed by atoms with Crippen LogP contribution in [0.4, 0.5) is 0 Å². The third kappa shape index (κ3) is 6.99. The van der Waals surface area contributed by atoms with E-state index in [2.05, 4.69) is 27.7 Å². The molecule has 0 aliphatic carbocycles. The topological polar surface area (TPSA) is 9.23 Å². The Morgan fingerprint density at radius 3 is 1.67 bits per heavy atom. The Hall–Kier alpha value is 0.310. The van der Waals surface area contributed by atoms with Crippen molar-refractivity contribution in [3.05, 3.63) is 0 Å². The summed E-state index contributed by atoms with van der Waals surface area (Å²) in [5.74, 6) is 1.47. The van der Waals surface area contributed by atoms with E-state index in [0.29, 0.717) is 6.10 Å². The molecule has 0 amide bonds. The molecule has 0 aromatic carbocycles. The lowest BCUT2D eigenvalue weighted by Crippen LogP contribution is -2.14. The van der Waals surface area contributed by atoms with Gasteiger partial charge in [0.25, 0.3) is 0 Å². The molecule has 0 radical (unpaired) electrons. The molecular formula is C10H22OS. The monoisotopic (exact) mass is 190 g/mol. The minimum atomic E-state index is 0.444. The summed E-state index contributed by atoms with van der Waals surface area (Å²) in [6, 6.07) is 0. The fraction of sp³-hybridized carbons (Fsp3) is 1.00. The molecule has 74 valence electrons. The smallest absolute Gasteiger partial charge is 0.0727 e. The molecule has 0 unspecified atom stereocenters. The Morgan fingerprint density at radius 2 is 1.42 bits per heavy atom. The maximum atomic E-state index is 5.58. The Labute approximate surface area is 81.5 Å². The third-order valence-corrected chi connectivity index (χ3v) is 2.17. The minimum absolute atomic E-state index is 0.444. The van der Waals surface area contributed by atoms with Gasteiger partial charge >= 0.3 is 0 Å². The summed E-state index contributed by atoms with van der Waals surface area (Å²) < 4.78 is 5.58. The van der Waals surface area contributed by atoms with Crippen molar-refractivity contribution in [3.8, 4) is 0 Å². The van der Waals surface area contributed by atoms with E-state index in [-0.39, 0.29) is 0 Å². The van der Waals surface area contributed by atoms with Crippen molar-refractivity contribution in [2.24, 2.45) is 11.8 Å². The first-order valence-electron chi connectivity index (χ1n) is 4.75. The number of rotatable bonds is 6. The van der Waals surface area contributed by atoms with Gasteiger partial charge in [0.15, 0.2) is 0 Å². The predicted octanol–water partition coefficient (Wildman–Crippen LogP) is 3.74. The normalized spacial score (nSPS) is 12.0. The summed E-state index contributed by atoms with van der Waals surface area (Å²) in [6.45, 7) is 8.99. The van der Waals surface area contributed by atoms with Crippen LogP contribution >= 0.6 is 12.0 Å². The largest absolute Gasteiger partial charge is 0.312 e. The van der Waals surface area contributed by atoms with Crippen LogP contribution in [0.2, 0.25) is 0 Å². The maximum absolute atomic E-state index is 5.58. The summed E-state index contributed by atoms with van der Waals surface area (Å²) in [5.41, 5.74) is 0. The van der Waals surface area contributed by atoms with Crippen LogP contribution in [-0.2, 0) is 4.18 Å². The summed E-state index contributed by atoms with van der Waals surface area (Å²) in [4.78, 5) is 0. The van der Waals surface area contributed by atoms with E-state index >= 15 is 0 Å². The second-order valence-electron chi connectivity index (χ2n) is 4.14. The molecule has 0 atom stereocenters. The highest BCUT2D eigenvalue weighted by Gasteiger charge is 2.12. The molecule has 0 fully saturated rings. The van der Waals surface area contributed by atoms with Crippen LogP contribution in [0.1, 0.15) is 40.5 Å². The van der Waals surface area contributed by atoms with Crippen molar-refractivity contribution in [1.82, 2.24) is 0 Å². The van der Waals surface area contributed by atoms with Gasteiger partial charge in [-0.25, -0.2) is 0 Å². The van der Waals surface area contributed by atoms with E-state index in [9.17, 15) is 0 Å². The van der Waals surface area contributed by atoms with Gasteiger partial charge in [-0.15, -0.1) is 0 Å². The lowest BCUT2D eigenvalue weighted by molar-refractivity contribution is 0.180. The van der Waals surface area contributed by atoms with Gasteiger partial charge in [-0.2, -0.15) is 0 Å². The molecule has 0 aliphatic rings. The second-order valence-corrected chi connectivity index (χ2v) is 4.67. The molecule has 0 heterocycles. The molecule has 0 saturated carbocycles. The van der Waals surface area contributed by atoms with Crippen LogP contribution in [0, 0.1) is 11.8 Å². The Kier molecular flexibility index (Phi) is 6.96. The lowest BCUT2D eigenvalue weighted by Gasteiger charge is -2.19. The zero-order valence-corrected chi connectivity index (χ0v) is 9.78. The molecule has 0 N–H and O–H groups in total. The molecule has 1 nitrogen and oxygen atoms in total. The minimum Gasteiger partial charge on any atom is -0.312 e. The molecule has 0 aromatic rings. The molecular weight excluding hydrogens is 168 g/mol. The fourth-order valence-electron chi connectivity index (χ4n) is 1.36. The van der Waals surface area contributed by atoms with Gasteiger partial charge in [0.2, 0.25) is 0 Å². The zero-order valence-electron chi connectivity index (χ0n) is 8.96. The van der Waals surface area contributed by atoms with Crippen molar-refractivity contribution in [2.75, 3.05) is 6.26 Å². The Bertz CT molecular complexity index is 92.0. The van der Waals surface area contributed by atoms with Crippen LogP contribution < -0.4 is 0 Å². The van der Waals surface area contributed by atoms with Gasteiger partial charge in [-0.05, 0) is 36.7 Å². The Balaban J connectivity index is 3.69. The highest BCUT2D eigenvalue weighted by Crippen LogP contribution is 2.19. The summed E-state index contributed by atoms with van der Waals surface area (Å²) in [5, 5.41) is 0. The summed E-state index contributed by atoms with van der Waals surface area (Å²) in [7, 11) is 0. The summed E-state index contributed by atoms with van der Waals surface area (Å²) >= 11 is 1.49. The van der Waals surface area contributed by atoms with Gasteiger partial charge in [-0.3, -0.25) is 0 Å². The van der Waals surface area contributed by atoms with Gasteiger partial charge in [0.05, 0.1) is 6.10 Å². The van der Waals surface area contributed by atoms with E-state index in [1.807, 2.05) is 6.26 Å². The Morgan fingerprint density at radius 1 is 1.00 bits per heavy atom. The summed E-state index contributed by atoms with van der Waals surface area (Å²) in [6.07, 6.45) is 4.80. The zero-order chi connectivity index (χ0) is 9.56. The van der Waals surface area contributed by atoms with Crippen molar-refractivity contribution >= 4 is 12.0 Å². The van der Waals surface area contributed by atoms with Gasteiger partial charge in [0, 0.05) is 6.26 Å². The first-order chi connectivity index (χ1) is 5.56. The number of hydrogen-bond donors (Lipinski definition) is 0. The van der Waals surface area contributed by atoms with E-state index in [4.69, 9.17) is 4.18 Å². The van der Waals surface area contributed by atoms with Crippen molar-refractivity contribution in [1.29, 1.82) is 0 Å². The highest BCUT2D eigenvalue weighted by atomic mass is 32.2. The number of hydrogen-bond acceptors (Lipinski definition) is 2. The molecule has 12 heavy (non-hydrogen) atoms. The highest BCUT2D eigenvalue weighted by molar-refractivity contribution is 7.93. The lowest BCUT2D eigenvalue weighted by atomic mass is 9.98. The molecule has 0 bridgehead atoms. The van der Waals surface area contributed by atoms with Gasteiger partial charge < -0.3 is 4.18 Å². The quantitative estimate of drug-likeness (QED) is 0.590. The third-order valence-electron chi connectivity index (χ3n) is 1.70. The van der Waals surface area contributed by atoms with Crippen molar-refractivity contribution < 1.29 is 4.18 Å². The molecule has 0 saturated heterocycles. The van der Waals surface area contributed by atoms with Crippen LogP contribution in [0.25, 0.3) is 0 Å². The van der Waals surface area contributed by atoms with Crippen LogP contribution in [-0.4, -0.2) is 12.4 Å². The van der Waals surface area contributed by atoms with Crippen LogP contribution in [0.3, 0.4) is 0 Å². The average Bonchev–Trinajstić information content (AvgIpc) is 1.84. The van der Waals surface area contributed by atoms with Crippen LogP contribution in [0.5, 0.6) is 0 Å². The first-order valence-corrected chi connectivity index (χ1v) is 5.90. The average molecular weight is 190 g/mol. The van der Waals surface area contributed by atoms with Gasteiger partial charge in [-0.1, -0.05) is 27.7 Å². The standard InChI is InChI=1S/C10H22OS/c1-8(2)6-10(11-12-5)7-9(3)4/h8-10H,6-7H2,1-5H3. The molecule has 2 heteroatoms. The van der Waals surface area contributed by atoms with E-state index in [0.717, 1.165) is 11.8 Å². The maximum Gasteiger partial charge on any atom is 0.0727 e. The molecule has 0 rings (SSSR count). The molecule has 0 aromatic heterocycles. The first kappa shape index (κ1) is 12.3. The predicted molar refractivity (Wildman–Crippen MR) is 57.3 cm³/mol. The van der Waals surface area contributed by atoms with Gasteiger partial charge in [0.1, 0.15) is 0 Å². The van der Waals surface area contributed by atoms with Crippen molar-refractivity contribution in [2.45, 2.75) is 46.6 Å². The second kappa shape index (κ2) is 6.79. The van der Waals surface area contributed by atoms with E-state index < -0.39 is 0 Å². The van der Waals surface area contributed by atoms with Crippen LogP contribution in [0.15, 0.2) is 0 Å². The van der Waals surface area contributed by atoms with E-state index in [1.165, 1.54) is 24.9 Å². The van der Waals surface area contributed by atoms with E-state index in [1.54, 1.807) is 0 Å². The molecule has 0 spiro atoms. The fourth-order valence-corrected chi connectivity index (χ4v) is 1.79. The SMILES string of the molecule is CSOC(CC(C)C)CC(C)C. The molecule has 0 aliphatic heterocycles. The van der Waals surface area contributed by atoms with Crippen molar-refractivity contribution in [3.63, 3.8) is 0 Å².